The highest BCUT2D eigenvalue weighted by Crippen LogP contribution is 2.37. The molecular weight excluding hydrogens is 429 g/mol. The number of halogens is 3. The average molecular weight is 450 g/mol. The standard InChI is InChI=1S/C25H21F3N4O/c1-2-24(33)30-17-8-11-23-20(12-17)21(22-14-31(15-29-22)18-4-3-5-18)13-32(23)19-9-6-16(7-10-19)25(26,27)28/h2,6-15,18H,1,3-5H2,(H,30,33). The summed E-state index contributed by atoms with van der Waals surface area (Å²) in [6.45, 7) is 3.48. The molecule has 5 rings (SSSR count). The topological polar surface area (TPSA) is 51.9 Å². The predicted octanol–water partition coefficient (Wildman–Crippen LogP) is 6.36. The molecule has 1 aliphatic rings. The Balaban J connectivity index is 1.62. The quantitative estimate of drug-likeness (QED) is 0.360. The third-order valence-electron chi connectivity index (χ3n) is 6.10. The second-order valence-electron chi connectivity index (χ2n) is 8.17. The van der Waals surface area contributed by atoms with Crippen LogP contribution < -0.4 is 5.32 Å². The van der Waals surface area contributed by atoms with Crippen LogP contribution in [0.3, 0.4) is 0 Å². The van der Waals surface area contributed by atoms with Crippen molar-refractivity contribution in [1.29, 1.82) is 0 Å². The van der Waals surface area contributed by atoms with E-state index < -0.39 is 11.7 Å². The lowest BCUT2D eigenvalue weighted by molar-refractivity contribution is -0.137. The van der Waals surface area contributed by atoms with Gasteiger partial charge in [0.1, 0.15) is 0 Å². The Hall–Kier alpha value is -3.81. The summed E-state index contributed by atoms with van der Waals surface area (Å²) in [6.07, 6.45) is 5.96. The lowest BCUT2D eigenvalue weighted by Gasteiger charge is -2.26. The first-order chi connectivity index (χ1) is 15.8. The van der Waals surface area contributed by atoms with Crippen molar-refractivity contribution in [3.63, 3.8) is 0 Å². The highest BCUT2D eigenvalue weighted by molar-refractivity contribution is 6.03. The minimum atomic E-state index is -4.39. The van der Waals surface area contributed by atoms with Crippen molar-refractivity contribution in [3.05, 3.63) is 79.4 Å². The van der Waals surface area contributed by atoms with Crippen LogP contribution in [0.5, 0.6) is 0 Å². The van der Waals surface area contributed by atoms with Crippen LogP contribution in [0.1, 0.15) is 30.9 Å². The zero-order chi connectivity index (χ0) is 23.2. The van der Waals surface area contributed by atoms with E-state index in [-0.39, 0.29) is 5.91 Å². The summed E-state index contributed by atoms with van der Waals surface area (Å²) in [6, 6.07) is 10.9. The number of carbonyl (C=O) groups excluding carboxylic acids is 1. The van der Waals surface area contributed by atoms with Crippen LogP contribution in [-0.2, 0) is 11.0 Å². The van der Waals surface area contributed by atoms with Gasteiger partial charge in [0.15, 0.2) is 0 Å². The molecule has 2 aromatic carbocycles. The van der Waals surface area contributed by atoms with Gasteiger partial charge in [-0.2, -0.15) is 13.2 Å². The number of carbonyl (C=O) groups is 1. The average Bonchev–Trinajstić information content (AvgIpc) is 3.36. The van der Waals surface area contributed by atoms with Gasteiger partial charge in [-0.25, -0.2) is 4.98 Å². The Bertz CT molecular complexity index is 1340. The van der Waals surface area contributed by atoms with Gasteiger partial charge in [-0.1, -0.05) is 6.58 Å². The van der Waals surface area contributed by atoms with Crippen LogP contribution in [0.25, 0.3) is 27.8 Å². The Morgan fingerprint density at radius 2 is 1.88 bits per heavy atom. The van der Waals surface area contributed by atoms with Gasteiger partial charge in [0.25, 0.3) is 0 Å². The molecule has 0 unspecified atom stereocenters. The number of aromatic nitrogens is 3. The monoisotopic (exact) mass is 450 g/mol. The van der Waals surface area contributed by atoms with Gasteiger partial charge < -0.3 is 14.5 Å². The molecule has 1 amide bonds. The van der Waals surface area contributed by atoms with Crippen molar-refractivity contribution in [2.75, 3.05) is 5.32 Å². The van der Waals surface area contributed by atoms with Gasteiger partial charge in [0.05, 0.1) is 23.1 Å². The second-order valence-corrected chi connectivity index (χ2v) is 8.17. The summed E-state index contributed by atoms with van der Waals surface area (Å²) >= 11 is 0. The fourth-order valence-corrected chi connectivity index (χ4v) is 4.09. The maximum absolute atomic E-state index is 13.0. The molecule has 0 atom stereocenters. The molecule has 168 valence electrons. The van der Waals surface area contributed by atoms with Crippen molar-refractivity contribution in [2.24, 2.45) is 0 Å². The Kier molecular flexibility index (Phi) is 5.08. The molecule has 33 heavy (non-hydrogen) atoms. The molecule has 4 aromatic rings. The van der Waals surface area contributed by atoms with E-state index in [9.17, 15) is 18.0 Å². The molecule has 5 nitrogen and oxygen atoms in total. The normalized spacial score (nSPS) is 14.3. The third kappa shape index (κ3) is 3.92. The highest BCUT2D eigenvalue weighted by atomic mass is 19.4. The molecule has 2 aromatic heterocycles. The summed E-state index contributed by atoms with van der Waals surface area (Å²) in [5.74, 6) is -0.327. The van der Waals surface area contributed by atoms with Gasteiger partial charge >= 0.3 is 6.18 Å². The minimum absolute atomic E-state index is 0.327. The van der Waals surface area contributed by atoms with Crippen molar-refractivity contribution in [1.82, 2.24) is 14.1 Å². The first kappa shape index (κ1) is 21.1. The Labute approximate surface area is 188 Å². The number of nitrogens with zero attached hydrogens (tertiary/aromatic N) is 3. The Morgan fingerprint density at radius 3 is 2.52 bits per heavy atom. The third-order valence-corrected chi connectivity index (χ3v) is 6.10. The minimum Gasteiger partial charge on any atom is -0.334 e. The van der Waals surface area contributed by atoms with E-state index in [1.165, 1.54) is 24.6 Å². The summed E-state index contributed by atoms with van der Waals surface area (Å²) < 4.78 is 43.0. The van der Waals surface area contributed by atoms with Crippen LogP contribution >= 0.6 is 0 Å². The summed E-state index contributed by atoms with van der Waals surface area (Å²) in [4.78, 5) is 16.4. The number of hydrogen-bond acceptors (Lipinski definition) is 2. The number of hydrogen-bond donors (Lipinski definition) is 1. The van der Waals surface area contributed by atoms with E-state index in [1.54, 1.807) is 6.07 Å². The maximum atomic E-state index is 13.0. The van der Waals surface area contributed by atoms with E-state index in [2.05, 4.69) is 21.4 Å². The van der Waals surface area contributed by atoms with E-state index in [4.69, 9.17) is 0 Å². The van der Waals surface area contributed by atoms with E-state index in [0.717, 1.165) is 47.1 Å². The maximum Gasteiger partial charge on any atom is 0.416 e. The Morgan fingerprint density at radius 1 is 1.12 bits per heavy atom. The van der Waals surface area contributed by atoms with E-state index in [1.807, 2.05) is 35.4 Å². The SMILES string of the molecule is C=CC(=O)Nc1ccc2c(c1)c(-c1cn(C3CCC3)cn1)cn2-c1ccc(C(F)(F)F)cc1. The largest absolute Gasteiger partial charge is 0.416 e. The van der Waals surface area contributed by atoms with E-state index in [0.29, 0.717) is 17.4 Å². The molecule has 1 saturated carbocycles. The molecule has 0 radical (unpaired) electrons. The van der Waals surface area contributed by atoms with Crippen LogP contribution in [0.4, 0.5) is 18.9 Å². The van der Waals surface area contributed by atoms with Crippen molar-refractivity contribution >= 4 is 22.5 Å². The lowest BCUT2D eigenvalue weighted by Crippen LogP contribution is -2.14. The van der Waals surface area contributed by atoms with E-state index >= 15 is 0 Å². The molecule has 0 spiro atoms. The van der Waals surface area contributed by atoms with Crippen LogP contribution in [0.2, 0.25) is 0 Å². The summed E-state index contributed by atoms with van der Waals surface area (Å²) in [7, 11) is 0. The van der Waals surface area contributed by atoms with Gasteiger partial charge in [-0.3, -0.25) is 4.79 Å². The molecule has 1 fully saturated rings. The number of alkyl halides is 3. The smallest absolute Gasteiger partial charge is 0.334 e. The lowest BCUT2D eigenvalue weighted by atomic mass is 9.93. The van der Waals surface area contributed by atoms with Crippen molar-refractivity contribution < 1.29 is 18.0 Å². The molecule has 0 saturated heterocycles. The number of imidazole rings is 1. The van der Waals surface area contributed by atoms with Crippen molar-refractivity contribution in [2.45, 2.75) is 31.5 Å². The molecule has 1 N–H and O–H groups in total. The highest BCUT2D eigenvalue weighted by Gasteiger charge is 2.30. The number of anilines is 1. The number of amides is 1. The zero-order valence-corrected chi connectivity index (χ0v) is 17.6. The predicted molar refractivity (Wildman–Crippen MR) is 121 cm³/mol. The summed E-state index contributed by atoms with van der Waals surface area (Å²) in [5.41, 5.74) is 2.89. The number of benzene rings is 2. The fourth-order valence-electron chi connectivity index (χ4n) is 4.09. The number of nitrogens with one attached hydrogen (secondary N) is 1. The van der Waals surface area contributed by atoms with Crippen LogP contribution in [-0.4, -0.2) is 20.0 Å². The molecule has 0 bridgehead atoms. The molecule has 2 heterocycles. The summed E-state index contributed by atoms with van der Waals surface area (Å²) in [5, 5.41) is 3.59. The zero-order valence-electron chi connectivity index (χ0n) is 17.6. The number of fused-ring (bicyclic) bond motifs is 1. The molecule has 1 aliphatic carbocycles. The van der Waals surface area contributed by atoms with Gasteiger partial charge in [-0.15, -0.1) is 0 Å². The van der Waals surface area contributed by atoms with Crippen LogP contribution in [0.15, 0.2) is 73.8 Å². The fraction of sp³-hybridized carbons (Fsp3) is 0.200. The molecular formula is C25H21F3N4O. The molecule has 8 heteroatoms. The van der Waals surface area contributed by atoms with Gasteiger partial charge in [0.2, 0.25) is 5.91 Å². The number of rotatable bonds is 5. The molecule has 0 aliphatic heterocycles. The van der Waals surface area contributed by atoms with Crippen LogP contribution in [0, 0.1) is 0 Å². The van der Waals surface area contributed by atoms with Gasteiger partial charge in [-0.05, 0) is 67.8 Å². The first-order valence-electron chi connectivity index (χ1n) is 10.6. The van der Waals surface area contributed by atoms with Gasteiger partial charge in [0, 0.05) is 40.8 Å². The van der Waals surface area contributed by atoms with Crippen molar-refractivity contribution in [3.8, 4) is 16.9 Å². The first-order valence-corrected chi connectivity index (χ1v) is 10.6. The second kappa shape index (κ2) is 7.95.